The topological polar surface area (TPSA) is 109 Å². The van der Waals surface area contributed by atoms with Crippen LogP contribution in [0.25, 0.3) is 11.0 Å². The van der Waals surface area contributed by atoms with E-state index in [-0.39, 0.29) is 16.7 Å². The van der Waals surface area contributed by atoms with Crippen molar-refractivity contribution in [2.75, 3.05) is 13.2 Å². The summed E-state index contributed by atoms with van der Waals surface area (Å²) in [5.41, 5.74) is 7.25. The molecule has 4 rings (SSSR count). The molecule has 1 aromatic carbocycles. The van der Waals surface area contributed by atoms with Gasteiger partial charge in [-0.2, -0.15) is 0 Å². The van der Waals surface area contributed by atoms with E-state index in [1.807, 2.05) is 6.07 Å². The van der Waals surface area contributed by atoms with Gasteiger partial charge in [0.2, 0.25) is 5.91 Å². The van der Waals surface area contributed by atoms with Crippen molar-refractivity contribution in [3.05, 3.63) is 48.0 Å². The van der Waals surface area contributed by atoms with Crippen molar-refractivity contribution in [2.24, 2.45) is 11.7 Å². The van der Waals surface area contributed by atoms with Gasteiger partial charge in [0.1, 0.15) is 5.82 Å². The Hall–Kier alpha value is -2.65. The van der Waals surface area contributed by atoms with Gasteiger partial charge < -0.3 is 15.0 Å². The highest BCUT2D eigenvalue weighted by Crippen LogP contribution is 2.32. The third-order valence-corrected chi connectivity index (χ3v) is 8.30. The van der Waals surface area contributed by atoms with Gasteiger partial charge in [0, 0.05) is 37.6 Å². The van der Waals surface area contributed by atoms with Crippen LogP contribution in [-0.4, -0.2) is 41.1 Å². The number of hydrogen-bond donors (Lipinski definition) is 1. The molecule has 0 radical (unpaired) electrons. The lowest BCUT2D eigenvalue weighted by atomic mass is 9.89. The van der Waals surface area contributed by atoms with Crippen LogP contribution in [0.2, 0.25) is 0 Å². The van der Waals surface area contributed by atoms with Crippen molar-refractivity contribution in [3.63, 3.8) is 0 Å². The summed E-state index contributed by atoms with van der Waals surface area (Å²) in [4.78, 5) is 16.3. The zero-order valence-corrected chi connectivity index (χ0v) is 20.3. The largest absolute Gasteiger partial charge is 0.381 e. The second kappa shape index (κ2) is 8.95. The van der Waals surface area contributed by atoms with Crippen LogP contribution >= 0.6 is 0 Å². The van der Waals surface area contributed by atoms with Crippen molar-refractivity contribution in [1.82, 2.24) is 13.5 Å². The van der Waals surface area contributed by atoms with E-state index >= 15 is 0 Å². The van der Waals surface area contributed by atoms with Crippen LogP contribution in [0.1, 0.15) is 51.4 Å². The molecule has 33 heavy (non-hydrogen) atoms. The first-order valence-electron chi connectivity index (χ1n) is 11.4. The number of ether oxygens (including phenoxy) is 1. The quantitative estimate of drug-likeness (QED) is 0.541. The summed E-state index contributed by atoms with van der Waals surface area (Å²) in [6.07, 6.45) is 5.81. The van der Waals surface area contributed by atoms with E-state index in [4.69, 9.17) is 15.5 Å². The van der Waals surface area contributed by atoms with E-state index in [1.54, 1.807) is 18.2 Å². The molecule has 0 saturated carbocycles. The molecule has 1 saturated heterocycles. The predicted molar refractivity (Wildman–Crippen MR) is 127 cm³/mol. The Bertz CT molecular complexity index is 1270. The second-order valence-electron chi connectivity index (χ2n) is 9.49. The molecule has 1 amide bonds. The lowest BCUT2D eigenvalue weighted by Crippen LogP contribution is -2.26. The standard InChI is InChI=1S/C24H32N4O4S/c1-4-24(2,3)23-26-20-14-19(33(30,31)27-10-7-18(15-27)13-22(25)29)5-6-21(20)28(23)16-17-8-11-32-12-9-17/h5-7,10,14-15,17H,4,8-9,11-13,16H2,1-3H3,(H2,25,29). The maximum Gasteiger partial charge on any atom is 0.267 e. The molecule has 0 unspecified atom stereocenters. The van der Waals surface area contributed by atoms with Crippen molar-refractivity contribution in [2.45, 2.75) is 63.3 Å². The monoisotopic (exact) mass is 472 g/mol. The number of nitrogens with zero attached hydrogens (tertiary/aromatic N) is 3. The Labute approximate surface area is 194 Å². The van der Waals surface area contributed by atoms with Crippen LogP contribution in [-0.2, 0) is 37.9 Å². The molecule has 9 heteroatoms. The molecule has 0 spiro atoms. The molecule has 1 fully saturated rings. The summed E-state index contributed by atoms with van der Waals surface area (Å²) >= 11 is 0. The van der Waals surface area contributed by atoms with Crippen molar-refractivity contribution >= 4 is 27.0 Å². The van der Waals surface area contributed by atoms with Gasteiger partial charge in [0.25, 0.3) is 10.0 Å². The number of benzene rings is 1. The number of rotatable bonds is 8. The first-order chi connectivity index (χ1) is 15.6. The van der Waals surface area contributed by atoms with Gasteiger partial charge in [0.15, 0.2) is 0 Å². The predicted octanol–water partition coefficient (Wildman–Crippen LogP) is 3.22. The lowest BCUT2D eigenvalue weighted by Gasteiger charge is -2.28. The number of carbonyl (C=O) groups excluding carboxylic acids is 1. The normalized spacial score (nSPS) is 15.8. The Balaban J connectivity index is 1.75. The summed E-state index contributed by atoms with van der Waals surface area (Å²) in [7, 11) is -3.82. The van der Waals surface area contributed by atoms with E-state index in [2.05, 4.69) is 25.3 Å². The van der Waals surface area contributed by atoms with E-state index in [0.717, 1.165) is 54.3 Å². The Morgan fingerprint density at radius 1 is 1.24 bits per heavy atom. The summed E-state index contributed by atoms with van der Waals surface area (Å²) in [5.74, 6) is 0.980. The second-order valence-corrected chi connectivity index (χ2v) is 11.3. The van der Waals surface area contributed by atoms with E-state index < -0.39 is 15.9 Å². The molecule has 2 N–H and O–H groups in total. The molecular weight excluding hydrogens is 440 g/mol. The fourth-order valence-electron chi connectivity index (χ4n) is 4.31. The average molecular weight is 473 g/mol. The lowest BCUT2D eigenvalue weighted by molar-refractivity contribution is -0.117. The minimum Gasteiger partial charge on any atom is -0.381 e. The van der Waals surface area contributed by atoms with Crippen LogP contribution in [0.5, 0.6) is 0 Å². The van der Waals surface area contributed by atoms with Crippen LogP contribution in [0, 0.1) is 5.92 Å². The van der Waals surface area contributed by atoms with Gasteiger partial charge in [0.05, 0.1) is 22.3 Å². The molecule has 8 nitrogen and oxygen atoms in total. The first kappa shape index (κ1) is 23.5. The molecule has 3 aromatic rings. The van der Waals surface area contributed by atoms with E-state index in [1.165, 1.54) is 12.4 Å². The SMILES string of the molecule is CCC(C)(C)c1nc2cc(S(=O)(=O)n3ccc(CC(N)=O)c3)ccc2n1CC1CCOCC1. The highest BCUT2D eigenvalue weighted by Gasteiger charge is 2.28. The molecular formula is C24H32N4O4S. The zero-order valence-electron chi connectivity index (χ0n) is 19.5. The molecule has 1 aliphatic heterocycles. The minimum absolute atomic E-state index is 0.00632. The molecule has 0 bridgehead atoms. The number of fused-ring (bicyclic) bond motifs is 1. The summed E-state index contributed by atoms with van der Waals surface area (Å²) < 4.78 is 35.4. The number of aromatic nitrogens is 3. The Kier molecular flexibility index (Phi) is 6.37. The third-order valence-electron chi connectivity index (χ3n) is 6.67. The molecule has 0 atom stereocenters. The Morgan fingerprint density at radius 2 is 1.97 bits per heavy atom. The number of amides is 1. The number of primary amides is 1. The van der Waals surface area contributed by atoms with Crippen molar-refractivity contribution in [3.8, 4) is 0 Å². The molecule has 2 aromatic heterocycles. The van der Waals surface area contributed by atoms with Gasteiger partial charge in [-0.3, -0.25) is 4.79 Å². The number of imidazole rings is 1. The Morgan fingerprint density at radius 3 is 2.64 bits per heavy atom. The van der Waals surface area contributed by atoms with Gasteiger partial charge in [-0.25, -0.2) is 17.4 Å². The fraction of sp³-hybridized carbons (Fsp3) is 0.500. The fourth-order valence-corrected chi connectivity index (χ4v) is 5.55. The van der Waals surface area contributed by atoms with Crippen LogP contribution in [0.15, 0.2) is 41.6 Å². The highest BCUT2D eigenvalue weighted by atomic mass is 32.2. The highest BCUT2D eigenvalue weighted by molar-refractivity contribution is 7.90. The first-order valence-corrected chi connectivity index (χ1v) is 12.8. The zero-order chi connectivity index (χ0) is 23.8. The molecule has 178 valence electrons. The summed E-state index contributed by atoms with van der Waals surface area (Å²) in [6, 6.07) is 6.73. The van der Waals surface area contributed by atoms with Crippen molar-refractivity contribution < 1.29 is 17.9 Å². The molecule has 0 aliphatic carbocycles. The molecule has 1 aliphatic rings. The van der Waals surface area contributed by atoms with Gasteiger partial charge in [-0.05, 0) is 55.0 Å². The summed E-state index contributed by atoms with van der Waals surface area (Å²) in [5, 5.41) is 0. The van der Waals surface area contributed by atoms with Gasteiger partial charge in [-0.15, -0.1) is 0 Å². The average Bonchev–Trinajstić information content (AvgIpc) is 3.39. The van der Waals surface area contributed by atoms with Crippen LogP contribution in [0.3, 0.4) is 0 Å². The van der Waals surface area contributed by atoms with E-state index in [9.17, 15) is 13.2 Å². The van der Waals surface area contributed by atoms with Gasteiger partial charge >= 0.3 is 0 Å². The summed E-state index contributed by atoms with van der Waals surface area (Å²) in [6.45, 7) is 8.89. The third kappa shape index (κ3) is 4.70. The maximum atomic E-state index is 13.2. The molecule has 3 heterocycles. The van der Waals surface area contributed by atoms with Crippen LogP contribution in [0.4, 0.5) is 0 Å². The van der Waals surface area contributed by atoms with Gasteiger partial charge in [-0.1, -0.05) is 20.8 Å². The van der Waals surface area contributed by atoms with Crippen LogP contribution < -0.4 is 5.73 Å². The number of carbonyl (C=O) groups is 1. The smallest absolute Gasteiger partial charge is 0.267 e. The van der Waals surface area contributed by atoms with E-state index in [0.29, 0.717) is 17.0 Å². The minimum atomic E-state index is -3.82. The number of nitrogens with two attached hydrogens (primary N) is 1. The maximum absolute atomic E-state index is 13.2. The number of hydrogen-bond acceptors (Lipinski definition) is 5. The van der Waals surface area contributed by atoms with Crippen molar-refractivity contribution in [1.29, 1.82) is 0 Å².